The van der Waals surface area contributed by atoms with Crippen LogP contribution < -0.4 is 4.74 Å². The lowest BCUT2D eigenvalue weighted by molar-refractivity contribution is -0.143. The lowest BCUT2D eigenvalue weighted by atomic mass is 9.87. The summed E-state index contributed by atoms with van der Waals surface area (Å²) < 4.78 is 13.2. The zero-order chi connectivity index (χ0) is 24.8. The first kappa shape index (κ1) is 25.5. The average molecular weight is 474 g/mol. The number of aryl methyl sites for hydroxylation is 2. The van der Waals surface area contributed by atoms with Crippen LogP contribution in [0.5, 0.6) is 5.75 Å². The van der Waals surface area contributed by atoms with Crippen LogP contribution in [0.3, 0.4) is 0 Å². The number of pyridine rings is 1. The Morgan fingerprint density at radius 1 is 1.29 bits per heavy atom. The highest BCUT2D eigenvalue weighted by Gasteiger charge is 2.29. The highest BCUT2D eigenvalue weighted by Crippen LogP contribution is 2.31. The van der Waals surface area contributed by atoms with E-state index in [0.717, 1.165) is 18.5 Å². The number of carbonyl (C=O) groups excluding carboxylic acids is 1. The van der Waals surface area contributed by atoms with Crippen molar-refractivity contribution in [2.45, 2.75) is 65.6 Å². The smallest absolute Gasteiger partial charge is 0.409 e. The molecule has 2 heterocycles. The number of aromatic nitrogens is 4. The molecule has 1 N–H and O–H groups in total. The van der Waals surface area contributed by atoms with Crippen LogP contribution in [0, 0.1) is 11.8 Å². The van der Waals surface area contributed by atoms with Crippen LogP contribution in [0.4, 0.5) is 4.79 Å². The molecule has 0 aromatic carbocycles. The van der Waals surface area contributed by atoms with Crippen molar-refractivity contribution in [3.05, 3.63) is 23.5 Å². The Hall–Kier alpha value is -3.17. The summed E-state index contributed by atoms with van der Waals surface area (Å²) in [6.45, 7) is 6.70. The maximum Gasteiger partial charge on any atom is 0.409 e. The summed E-state index contributed by atoms with van der Waals surface area (Å²) in [5.41, 5.74) is 2.57. The molecule has 0 radical (unpaired) electrons. The number of aliphatic carboxylic acids is 1. The fourth-order valence-electron chi connectivity index (χ4n) is 4.24. The Bertz CT molecular complexity index is 1010. The van der Waals surface area contributed by atoms with E-state index in [1.54, 1.807) is 23.7 Å². The van der Waals surface area contributed by atoms with Gasteiger partial charge in [-0.1, -0.05) is 26.0 Å². The fraction of sp³-hybridized carbons (Fsp3) is 0.625. The molecular weight excluding hydrogens is 438 g/mol. The van der Waals surface area contributed by atoms with Crippen molar-refractivity contribution in [1.82, 2.24) is 24.9 Å². The molecule has 0 aliphatic heterocycles. The predicted molar refractivity (Wildman–Crippen MR) is 125 cm³/mol. The summed E-state index contributed by atoms with van der Waals surface area (Å²) in [4.78, 5) is 30.0. The van der Waals surface area contributed by atoms with Gasteiger partial charge in [-0.15, -0.1) is 5.10 Å². The third-order valence-electron chi connectivity index (χ3n) is 6.00. The molecule has 0 unspecified atom stereocenters. The molecule has 1 amide bonds. The summed E-state index contributed by atoms with van der Waals surface area (Å²) in [6.07, 6.45) is 2.97. The molecule has 0 spiro atoms. The van der Waals surface area contributed by atoms with Crippen molar-refractivity contribution in [3.8, 4) is 17.1 Å². The van der Waals surface area contributed by atoms with Gasteiger partial charge < -0.3 is 19.5 Å². The SMILES string of the molecule is CCc1nc(-c2nnn(C)c2COC(=O)N(C)CC(C)C)ccc1O[C@H]1CCC[C@H](C(=O)O)C1. The molecular formula is C24H35N5O5. The van der Waals surface area contributed by atoms with Crippen molar-refractivity contribution in [2.24, 2.45) is 18.9 Å². The van der Waals surface area contributed by atoms with Gasteiger partial charge in [0, 0.05) is 20.6 Å². The van der Waals surface area contributed by atoms with Crippen LogP contribution in [-0.2, 0) is 29.6 Å². The van der Waals surface area contributed by atoms with Crippen molar-refractivity contribution in [1.29, 1.82) is 0 Å². The second-order valence-electron chi connectivity index (χ2n) is 9.27. The fourth-order valence-corrected chi connectivity index (χ4v) is 4.24. The number of nitrogens with zero attached hydrogens (tertiary/aromatic N) is 5. The molecule has 2 aromatic heterocycles. The maximum absolute atomic E-state index is 12.3. The number of amides is 1. The van der Waals surface area contributed by atoms with E-state index in [-0.39, 0.29) is 18.6 Å². The van der Waals surface area contributed by atoms with Crippen LogP contribution in [0.25, 0.3) is 11.4 Å². The van der Waals surface area contributed by atoms with Gasteiger partial charge in [0.1, 0.15) is 23.7 Å². The Morgan fingerprint density at radius 2 is 2.06 bits per heavy atom. The Morgan fingerprint density at radius 3 is 2.74 bits per heavy atom. The van der Waals surface area contributed by atoms with Crippen LogP contribution >= 0.6 is 0 Å². The van der Waals surface area contributed by atoms with Gasteiger partial charge in [0.15, 0.2) is 0 Å². The molecule has 1 aliphatic carbocycles. The van der Waals surface area contributed by atoms with Crippen LogP contribution in [-0.4, -0.2) is 61.7 Å². The molecule has 0 bridgehead atoms. The topological polar surface area (TPSA) is 120 Å². The number of rotatable bonds is 9. The maximum atomic E-state index is 12.3. The molecule has 2 atom stereocenters. The number of ether oxygens (including phenoxy) is 2. The van der Waals surface area contributed by atoms with Crippen LogP contribution in [0.15, 0.2) is 12.1 Å². The first-order chi connectivity index (χ1) is 16.2. The second-order valence-corrected chi connectivity index (χ2v) is 9.27. The van der Waals surface area contributed by atoms with Crippen molar-refractivity contribution in [2.75, 3.05) is 13.6 Å². The molecule has 2 aromatic rings. The minimum Gasteiger partial charge on any atom is -0.488 e. The highest BCUT2D eigenvalue weighted by atomic mass is 16.6. The van der Waals surface area contributed by atoms with Gasteiger partial charge in [-0.05, 0) is 50.2 Å². The monoisotopic (exact) mass is 473 g/mol. The van der Waals surface area contributed by atoms with Gasteiger partial charge in [0.25, 0.3) is 0 Å². The first-order valence-electron chi connectivity index (χ1n) is 11.9. The number of carbonyl (C=O) groups is 2. The van der Waals surface area contributed by atoms with E-state index < -0.39 is 12.1 Å². The summed E-state index contributed by atoms with van der Waals surface area (Å²) in [6, 6.07) is 3.67. The van der Waals surface area contributed by atoms with Gasteiger partial charge in [0.2, 0.25) is 0 Å². The Labute approximate surface area is 200 Å². The lowest BCUT2D eigenvalue weighted by Gasteiger charge is -2.28. The minimum absolute atomic E-state index is 0.0279. The van der Waals surface area contributed by atoms with E-state index in [9.17, 15) is 14.7 Å². The van der Waals surface area contributed by atoms with E-state index in [1.807, 2.05) is 32.9 Å². The molecule has 1 aliphatic rings. The third kappa shape index (κ3) is 6.24. The second kappa shape index (κ2) is 11.3. The molecule has 1 saturated carbocycles. The summed E-state index contributed by atoms with van der Waals surface area (Å²) in [5, 5.41) is 17.7. The number of hydrogen-bond acceptors (Lipinski definition) is 7. The number of carboxylic acids is 1. The van der Waals surface area contributed by atoms with Crippen molar-refractivity contribution >= 4 is 12.1 Å². The molecule has 34 heavy (non-hydrogen) atoms. The Kier molecular flexibility index (Phi) is 8.46. The quantitative estimate of drug-likeness (QED) is 0.586. The van der Waals surface area contributed by atoms with Gasteiger partial charge >= 0.3 is 12.1 Å². The molecule has 1 fully saturated rings. The van der Waals surface area contributed by atoms with Gasteiger partial charge in [0.05, 0.1) is 23.4 Å². The van der Waals surface area contributed by atoms with Gasteiger partial charge in [-0.3, -0.25) is 4.79 Å². The first-order valence-corrected chi connectivity index (χ1v) is 11.9. The number of hydrogen-bond donors (Lipinski definition) is 1. The van der Waals surface area contributed by atoms with E-state index >= 15 is 0 Å². The van der Waals surface area contributed by atoms with Crippen molar-refractivity contribution < 1.29 is 24.2 Å². The zero-order valence-electron chi connectivity index (χ0n) is 20.7. The average Bonchev–Trinajstić information content (AvgIpc) is 3.17. The van der Waals surface area contributed by atoms with E-state index in [2.05, 4.69) is 10.3 Å². The molecule has 3 rings (SSSR count). The molecule has 10 heteroatoms. The normalized spacial score (nSPS) is 18.1. The minimum atomic E-state index is -0.760. The summed E-state index contributed by atoms with van der Waals surface area (Å²) >= 11 is 0. The zero-order valence-corrected chi connectivity index (χ0v) is 20.7. The highest BCUT2D eigenvalue weighted by molar-refractivity contribution is 5.70. The van der Waals surface area contributed by atoms with Crippen LogP contribution in [0.2, 0.25) is 0 Å². The largest absolute Gasteiger partial charge is 0.488 e. The predicted octanol–water partition coefficient (Wildman–Crippen LogP) is 3.69. The van der Waals surface area contributed by atoms with Crippen LogP contribution in [0.1, 0.15) is 57.8 Å². The summed E-state index contributed by atoms with van der Waals surface area (Å²) in [5.74, 6) is -0.119. The molecule has 186 valence electrons. The standard InChI is InChI=1S/C24H35N5O5/c1-6-18-21(34-17-9-7-8-16(12-17)23(30)31)11-10-19(25-18)22-20(29(5)27-26-22)14-33-24(32)28(4)13-15(2)3/h10-11,15-17H,6-9,12-14H2,1-5H3,(H,30,31)/t16-,17-/m0/s1. The number of carboxylic acid groups (broad SMARTS) is 1. The Balaban J connectivity index is 1.74. The molecule has 10 nitrogen and oxygen atoms in total. The van der Waals surface area contributed by atoms with E-state index in [4.69, 9.17) is 14.5 Å². The third-order valence-corrected chi connectivity index (χ3v) is 6.00. The van der Waals surface area contributed by atoms with E-state index in [0.29, 0.717) is 54.6 Å². The van der Waals surface area contributed by atoms with Gasteiger partial charge in [-0.2, -0.15) is 0 Å². The van der Waals surface area contributed by atoms with Gasteiger partial charge in [-0.25, -0.2) is 14.5 Å². The summed E-state index contributed by atoms with van der Waals surface area (Å²) in [7, 11) is 3.46. The van der Waals surface area contributed by atoms with Crippen molar-refractivity contribution in [3.63, 3.8) is 0 Å². The molecule has 0 saturated heterocycles. The van der Waals surface area contributed by atoms with E-state index in [1.165, 1.54) is 0 Å². The lowest BCUT2D eigenvalue weighted by Crippen LogP contribution is -2.31.